The lowest BCUT2D eigenvalue weighted by Crippen LogP contribution is -2.54. The van der Waals surface area contributed by atoms with Crippen LogP contribution in [0.1, 0.15) is 12.8 Å². The van der Waals surface area contributed by atoms with Gasteiger partial charge in [-0.1, -0.05) is 0 Å². The monoisotopic (exact) mass is 336 g/mol. The predicted octanol–water partition coefficient (Wildman–Crippen LogP) is 1.82. The fourth-order valence-corrected chi connectivity index (χ4v) is 3.68. The number of amides is 2. The summed E-state index contributed by atoms with van der Waals surface area (Å²) in [4.78, 5) is 22.0. The number of aromatic nitrogens is 1. The van der Waals surface area contributed by atoms with Gasteiger partial charge in [-0.15, -0.1) is 0 Å². The lowest BCUT2D eigenvalue weighted by Gasteiger charge is -2.44. The van der Waals surface area contributed by atoms with Crippen LogP contribution in [0.4, 0.5) is 15.0 Å². The summed E-state index contributed by atoms with van der Waals surface area (Å²) >= 11 is 0. The number of ether oxygens (including phenoxy) is 1. The van der Waals surface area contributed by atoms with Crippen molar-refractivity contribution < 1.29 is 13.9 Å². The standard InChI is InChI=1S/C17H25FN4O2/c1-20(2)16(23)22-8-4-6-17(12-22)11-21(9-10-24-13-17)15-14(18)5-3-7-19-15/h3,5,7H,4,6,8-13H2,1-2H3/t17-/m0/s1. The summed E-state index contributed by atoms with van der Waals surface area (Å²) in [6.45, 7) is 3.79. The molecule has 1 aromatic heterocycles. The van der Waals surface area contributed by atoms with Crippen LogP contribution in [0.5, 0.6) is 0 Å². The van der Waals surface area contributed by atoms with Crippen LogP contribution in [0.2, 0.25) is 0 Å². The molecule has 0 aliphatic carbocycles. The highest BCUT2D eigenvalue weighted by atomic mass is 19.1. The van der Waals surface area contributed by atoms with Crippen LogP contribution in [0, 0.1) is 11.2 Å². The molecular weight excluding hydrogens is 311 g/mol. The quantitative estimate of drug-likeness (QED) is 0.785. The third-order valence-corrected chi connectivity index (χ3v) is 4.79. The van der Waals surface area contributed by atoms with Gasteiger partial charge in [0, 0.05) is 51.9 Å². The largest absolute Gasteiger partial charge is 0.379 e. The molecule has 0 unspecified atom stereocenters. The molecule has 0 radical (unpaired) electrons. The summed E-state index contributed by atoms with van der Waals surface area (Å²) in [5, 5.41) is 0. The van der Waals surface area contributed by atoms with Gasteiger partial charge in [0.2, 0.25) is 0 Å². The smallest absolute Gasteiger partial charge is 0.319 e. The van der Waals surface area contributed by atoms with Gasteiger partial charge in [-0.05, 0) is 25.0 Å². The van der Waals surface area contributed by atoms with Crippen molar-refractivity contribution in [3.63, 3.8) is 0 Å². The zero-order valence-electron chi connectivity index (χ0n) is 14.4. The van der Waals surface area contributed by atoms with E-state index in [0.717, 1.165) is 19.4 Å². The van der Waals surface area contributed by atoms with Crippen LogP contribution in [-0.2, 0) is 4.74 Å². The van der Waals surface area contributed by atoms with Gasteiger partial charge in [0.1, 0.15) is 0 Å². The number of hydrogen-bond donors (Lipinski definition) is 0. The van der Waals surface area contributed by atoms with Crippen molar-refractivity contribution in [1.82, 2.24) is 14.8 Å². The Kier molecular flexibility index (Phi) is 4.89. The Morgan fingerprint density at radius 3 is 2.96 bits per heavy atom. The summed E-state index contributed by atoms with van der Waals surface area (Å²) in [5.74, 6) is 0.0602. The Bertz CT molecular complexity index is 598. The van der Waals surface area contributed by atoms with E-state index in [2.05, 4.69) is 4.98 Å². The van der Waals surface area contributed by atoms with Crippen molar-refractivity contribution in [3.8, 4) is 0 Å². The zero-order chi connectivity index (χ0) is 17.2. The van der Waals surface area contributed by atoms with Gasteiger partial charge in [-0.25, -0.2) is 14.2 Å². The second kappa shape index (κ2) is 6.93. The third kappa shape index (κ3) is 3.45. The Morgan fingerprint density at radius 1 is 1.38 bits per heavy atom. The van der Waals surface area contributed by atoms with Crippen LogP contribution < -0.4 is 4.90 Å². The number of likely N-dealkylation sites (tertiary alicyclic amines) is 1. The minimum Gasteiger partial charge on any atom is -0.379 e. The molecule has 3 rings (SSSR count). The summed E-state index contributed by atoms with van der Waals surface area (Å²) in [7, 11) is 3.53. The summed E-state index contributed by atoms with van der Waals surface area (Å²) in [5.41, 5.74) is -0.176. The summed E-state index contributed by atoms with van der Waals surface area (Å²) in [6, 6.07) is 3.05. The number of rotatable bonds is 1. The van der Waals surface area contributed by atoms with Crippen molar-refractivity contribution in [1.29, 1.82) is 0 Å². The molecule has 24 heavy (non-hydrogen) atoms. The molecule has 0 saturated carbocycles. The van der Waals surface area contributed by atoms with E-state index in [0.29, 0.717) is 38.7 Å². The Balaban J connectivity index is 1.81. The normalized spacial score (nSPS) is 24.8. The molecule has 132 valence electrons. The van der Waals surface area contributed by atoms with Gasteiger partial charge < -0.3 is 19.4 Å². The van der Waals surface area contributed by atoms with Crippen molar-refractivity contribution in [2.24, 2.45) is 5.41 Å². The lowest BCUT2D eigenvalue weighted by atomic mass is 9.80. The van der Waals surface area contributed by atoms with Gasteiger partial charge in [-0.2, -0.15) is 0 Å². The Labute approximate surface area is 142 Å². The molecule has 2 saturated heterocycles. The molecule has 0 N–H and O–H groups in total. The first-order valence-electron chi connectivity index (χ1n) is 8.40. The van der Waals surface area contributed by atoms with Crippen molar-refractivity contribution in [2.45, 2.75) is 12.8 Å². The number of carbonyl (C=O) groups excluding carboxylic acids is 1. The third-order valence-electron chi connectivity index (χ3n) is 4.79. The molecule has 0 aromatic carbocycles. The molecule has 2 fully saturated rings. The van der Waals surface area contributed by atoms with Crippen LogP contribution in [0.15, 0.2) is 18.3 Å². The summed E-state index contributed by atoms with van der Waals surface area (Å²) in [6.07, 6.45) is 3.51. The highest BCUT2D eigenvalue weighted by Crippen LogP contribution is 2.34. The van der Waals surface area contributed by atoms with E-state index >= 15 is 0 Å². The maximum atomic E-state index is 14.2. The average Bonchev–Trinajstić information content (AvgIpc) is 2.77. The molecular formula is C17H25FN4O2. The maximum absolute atomic E-state index is 14.2. The molecule has 1 atom stereocenters. The van der Waals surface area contributed by atoms with Crippen LogP contribution >= 0.6 is 0 Å². The van der Waals surface area contributed by atoms with Crippen LogP contribution in [0.25, 0.3) is 0 Å². The molecule has 7 heteroatoms. The van der Waals surface area contributed by atoms with Gasteiger partial charge in [0.25, 0.3) is 0 Å². The van der Waals surface area contributed by atoms with Crippen molar-refractivity contribution in [3.05, 3.63) is 24.1 Å². The first kappa shape index (κ1) is 17.0. The van der Waals surface area contributed by atoms with Crippen LogP contribution in [-0.4, -0.2) is 74.3 Å². The van der Waals surface area contributed by atoms with E-state index < -0.39 is 0 Å². The number of anilines is 1. The molecule has 2 amide bonds. The minimum atomic E-state index is -0.313. The van der Waals surface area contributed by atoms with Gasteiger partial charge in [-0.3, -0.25) is 0 Å². The van der Waals surface area contributed by atoms with E-state index in [4.69, 9.17) is 4.74 Å². The van der Waals surface area contributed by atoms with Crippen molar-refractivity contribution >= 4 is 11.8 Å². The number of pyridine rings is 1. The number of urea groups is 1. The first-order chi connectivity index (χ1) is 11.5. The molecule has 1 aromatic rings. The van der Waals surface area contributed by atoms with E-state index in [-0.39, 0.29) is 17.3 Å². The highest BCUT2D eigenvalue weighted by Gasteiger charge is 2.41. The second-order valence-electron chi connectivity index (χ2n) is 6.99. The maximum Gasteiger partial charge on any atom is 0.319 e. The van der Waals surface area contributed by atoms with E-state index in [1.165, 1.54) is 6.07 Å². The number of hydrogen-bond acceptors (Lipinski definition) is 4. The lowest BCUT2D eigenvalue weighted by molar-refractivity contribution is 0.0209. The zero-order valence-corrected chi connectivity index (χ0v) is 14.4. The molecule has 1 spiro atoms. The average molecular weight is 336 g/mol. The Hall–Kier alpha value is -1.89. The molecule has 0 bridgehead atoms. The number of piperidine rings is 1. The fourth-order valence-electron chi connectivity index (χ4n) is 3.68. The highest BCUT2D eigenvalue weighted by molar-refractivity contribution is 5.74. The van der Waals surface area contributed by atoms with Crippen molar-refractivity contribution in [2.75, 3.05) is 58.4 Å². The topological polar surface area (TPSA) is 48.9 Å². The molecule has 2 aliphatic heterocycles. The van der Waals surface area contributed by atoms with E-state index in [9.17, 15) is 9.18 Å². The number of nitrogens with zero attached hydrogens (tertiary/aromatic N) is 4. The molecule has 6 nitrogen and oxygen atoms in total. The second-order valence-corrected chi connectivity index (χ2v) is 6.99. The molecule has 2 aliphatic rings. The first-order valence-corrected chi connectivity index (χ1v) is 8.40. The fraction of sp³-hybridized carbons (Fsp3) is 0.647. The van der Waals surface area contributed by atoms with Gasteiger partial charge in [0.05, 0.1) is 13.2 Å². The van der Waals surface area contributed by atoms with Crippen LogP contribution in [0.3, 0.4) is 0 Å². The SMILES string of the molecule is CN(C)C(=O)N1CCC[C@@]2(COCCN(c3ncccc3F)C2)C1. The van der Waals surface area contributed by atoms with E-state index in [1.807, 2.05) is 9.80 Å². The van der Waals surface area contributed by atoms with E-state index in [1.54, 1.807) is 31.3 Å². The number of carbonyl (C=O) groups is 1. The minimum absolute atomic E-state index is 0.0221. The van der Waals surface area contributed by atoms with Gasteiger partial charge >= 0.3 is 6.03 Å². The van der Waals surface area contributed by atoms with Gasteiger partial charge in [0.15, 0.2) is 11.6 Å². The molecule has 3 heterocycles. The summed E-state index contributed by atoms with van der Waals surface area (Å²) < 4.78 is 20.0. The number of halogens is 1. The predicted molar refractivity (Wildman–Crippen MR) is 89.6 cm³/mol. The Morgan fingerprint density at radius 2 is 2.21 bits per heavy atom.